The van der Waals surface area contributed by atoms with Crippen LogP contribution in [0.5, 0.6) is 0 Å². The molecule has 1 aliphatic heterocycles. The van der Waals surface area contributed by atoms with Gasteiger partial charge in [0.2, 0.25) is 0 Å². The van der Waals surface area contributed by atoms with E-state index in [4.69, 9.17) is 8.85 Å². The molecule has 0 aromatic carbocycles. The number of fused-ring (bicyclic) bond motifs is 2. The summed E-state index contributed by atoms with van der Waals surface area (Å²) < 4.78 is 11.7. The van der Waals surface area contributed by atoms with Crippen LogP contribution < -0.4 is 0 Å². The van der Waals surface area contributed by atoms with Gasteiger partial charge in [-0.15, -0.1) is 0 Å². The third kappa shape index (κ3) is 1.66. The summed E-state index contributed by atoms with van der Waals surface area (Å²) in [5.74, 6) is 0. The largest absolute Gasteiger partial charge is 0.391 e. The second-order valence-electron chi connectivity index (χ2n) is 4.05. The summed E-state index contributed by atoms with van der Waals surface area (Å²) in [7, 11) is -1.69. The highest BCUT2D eigenvalue weighted by atomic mass is 28.4. The normalized spacial score (nSPS) is 42.0. The van der Waals surface area contributed by atoms with Crippen LogP contribution in [-0.2, 0) is 8.85 Å². The Kier molecular flexibility index (Phi) is 1.82. The lowest BCUT2D eigenvalue weighted by Crippen LogP contribution is -2.50. The van der Waals surface area contributed by atoms with Crippen LogP contribution in [-0.4, -0.2) is 20.8 Å². The predicted molar refractivity (Wildman–Crippen MR) is 45.7 cm³/mol. The second kappa shape index (κ2) is 2.57. The molecule has 2 atom stereocenters. The average Bonchev–Trinajstić information content (AvgIpc) is 1.82. The monoisotopic (exact) mass is 172 g/mol. The fraction of sp³-hybridized carbons (Fsp3) is 1.00. The van der Waals surface area contributed by atoms with Crippen molar-refractivity contribution in [1.82, 2.24) is 0 Å². The molecule has 11 heavy (non-hydrogen) atoms. The summed E-state index contributed by atoms with van der Waals surface area (Å²) in [5.41, 5.74) is 0. The molecule has 3 heteroatoms. The van der Waals surface area contributed by atoms with Crippen molar-refractivity contribution in [3.8, 4) is 0 Å². The molecule has 0 amide bonds. The molecule has 0 aromatic rings. The maximum absolute atomic E-state index is 5.86. The fourth-order valence-corrected chi connectivity index (χ4v) is 4.24. The van der Waals surface area contributed by atoms with E-state index in [2.05, 4.69) is 13.1 Å². The van der Waals surface area contributed by atoms with Crippen LogP contribution in [0, 0.1) is 0 Å². The molecule has 2 bridgehead atoms. The topological polar surface area (TPSA) is 18.5 Å². The van der Waals surface area contributed by atoms with Crippen molar-refractivity contribution in [2.24, 2.45) is 0 Å². The summed E-state index contributed by atoms with van der Waals surface area (Å²) in [4.78, 5) is 0. The van der Waals surface area contributed by atoms with Crippen LogP contribution in [0.3, 0.4) is 0 Å². The van der Waals surface area contributed by atoms with Gasteiger partial charge in [-0.2, -0.15) is 0 Å². The first kappa shape index (κ1) is 7.77. The van der Waals surface area contributed by atoms with Crippen molar-refractivity contribution < 1.29 is 8.85 Å². The Morgan fingerprint density at radius 1 is 1.09 bits per heavy atom. The molecule has 2 unspecified atom stereocenters. The van der Waals surface area contributed by atoms with Gasteiger partial charge in [-0.3, -0.25) is 0 Å². The van der Waals surface area contributed by atoms with Crippen LogP contribution in [0.25, 0.3) is 0 Å². The van der Waals surface area contributed by atoms with Gasteiger partial charge >= 0.3 is 8.56 Å². The van der Waals surface area contributed by atoms with Crippen LogP contribution in [0.1, 0.15) is 25.7 Å². The summed E-state index contributed by atoms with van der Waals surface area (Å²) in [5, 5.41) is 0. The molecule has 2 rings (SSSR count). The van der Waals surface area contributed by atoms with Gasteiger partial charge in [0.15, 0.2) is 0 Å². The van der Waals surface area contributed by atoms with E-state index in [-0.39, 0.29) is 0 Å². The fourth-order valence-electron chi connectivity index (χ4n) is 2.15. The quantitative estimate of drug-likeness (QED) is 0.521. The molecule has 0 aromatic heterocycles. The van der Waals surface area contributed by atoms with Crippen molar-refractivity contribution in [3.05, 3.63) is 0 Å². The molecule has 64 valence electrons. The van der Waals surface area contributed by atoms with Crippen molar-refractivity contribution >= 4 is 8.56 Å². The Hall–Kier alpha value is 0.137. The van der Waals surface area contributed by atoms with Gasteiger partial charge < -0.3 is 8.85 Å². The molecule has 2 aliphatic rings. The number of hydrogen-bond donors (Lipinski definition) is 0. The SMILES string of the molecule is C[Si]1(C)OC2CCCC(C2)O1. The van der Waals surface area contributed by atoms with E-state index >= 15 is 0 Å². The van der Waals surface area contributed by atoms with E-state index in [1.165, 1.54) is 19.3 Å². The standard InChI is InChI=1S/C8H16O2Si/c1-11(2)9-7-4-3-5-8(6-7)10-11/h7-8H,3-6H2,1-2H3. The minimum Gasteiger partial charge on any atom is -0.391 e. The van der Waals surface area contributed by atoms with E-state index in [1.54, 1.807) is 0 Å². The maximum Gasteiger partial charge on any atom is 0.332 e. The smallest absolute Gasteiger partial charge is 0.332 e. The van der Waals surface area contributed by atoms with E-state index in [1.807, 2.05) is 0 Å². The third-order valence-electron chi connectivity index (χ3n) is 2.48. The van der Waals surface area contributed by atoms with Crippen molar-refractivity contribution in [2.45, 2.75) is 51.0 Å². The lowest BCUT2D eigenvalue weighted by Gasteiger charge is -2.42. The van der Waals surface area contributed by atoms with Gasteiger partial charge in [0.1, 0.15) is 0 Å². The Bertz CT molecular complexity index is 144. The summed E-state index contributed by atoms with van der Waals surface area (Å²) in [6.45, 7) is 4.30. The molecule has 1 aliphatic carbocycles. The second-order valence-corrected chi connectivity index (χ2v) is 7.32. The summed E-state index contributed by atoms with van der Waals surface area (Å²) >= 11 is 0. The van der Waals surface area contributed by atoms with Crippen molar-refractivity contribution in [2.75, 3.05) is 0 Å². The van der Waals surface area contributed by atoms with Gasteiger partial charge in [0.25, 0.3) is 0 Å². The van der Waals surface area contributed by atoms with E-state index in [0.29, 0.717) is 12.2 Å². The molecule has 2 nitrogen and oxygen atoms in total. The molecule has 2 fully saturated rings. The first-order valence-electron chi connectivity index (χ1n) is 4.51. The summed E-state index contributed by atoms with van der Waals surface area (Å²) in [6.07, 6.45) is 6.02. The average molecular weight is 172 g/mol. The molecule has 1 saturated carbocycles. The minimum absolute atomic E-state index is 0.532. The van der Waals surface area contributed by atoms with Crippen LogP contribution in [0.4, 0.5) is 0 Å². The predicted octanol–water partition coefficient (Wildman–Crippen LogP) is 2.05. The number of hydrogen-bond acceptors (Lipinski definition) is 2. The van der Waals surface area contributed by atoms with E-state index < -0.39 is 8.56 Å². The van der Waals surface area contributed by atoms with Gasteiger partial charge in [-0.05, 0) is 38.8 Å². The van der Waals surface area contributed by atoms with Crippen LogP contribution >= 0.6 is 0 Å². The van der Waals surface area contributed by atoms with Gasteiger partial charge in [0.05, 0.1) is 0 Å². The minimum atomic E-state index is -1.69. The van der Waals surface area contributed by atoms with E-state index in [0.717, 1.165) is 6.42 Å². The highest BCUT2D eigenvalue weighted by molar-refractivity contribution is 6.64. The Balaban J connectivity index is 2.05. The molecule has 1 heterocycles. The zero-order valence-corrected chi connectivity index (χ0v) is 8.30. The zero-order valence-electron chi connectivity index (χ0n) is 7.30. The first-order chi connectivity index (χ1) is 5.16. The van der Waals surface area contributed by atoms with Crippen molar-refractivity contribution in [3.63, 3.8) is 0 Å². The first-order valence-corrected chi connectivity index (χ1v) is 7.33. The maximum atomic E-state index is 5.86. The molecule has 0 radical (unpaired) electrons. The lowest BCUT2D eigenvalue weighted by atomic mass is 9.95. The Morgan fingerprint density at radius 3 is 2.18 bits per heavy atom. The Morgan fingerprint density at radius 2 is 1.64 bits per heavy atom. The van der Waals surface area contributed by atoms with Crippen molar-refractivity contribution in [1.29, 1.82) is 0 Å². The van der Waals surface area contributed by atoms with Gasteiger partial charge in [-0.1, -0.05) is 0 Å². The molecular formula is C8H16O2Si. The van der Waals surface area contributed by atoms with Crippen LogP contribution in [0.15, 0.2) is 0 Å². The molecule has 1 saturated heterocycles. The molecular weight excluding hydrogens is 156 g/mol. The summed E-state index contributed by atoms with van der Waals surface area (Å²) in [6, 6.07) is 0. The third-order valence-corrected chi connectivity index (χ3v) is 4.28. The molecule has 0 N–H and O–H groups in total. The highest BCUT2D eigenvalue weighted by Gasteiger charge is 2.39. The molecule has 0 spiro atoms. The van der Waals surface area contributed by atoms with Crippen LogP contribution in [0.2, 0.25) is 13.1 Å². The Labute approximate surface area is 69.1 Å². The number of rotatable bonds is 0. The highest BCUT2D eigenvalue weighted by Crippen LogP contribution is 2.32. The van der Waals surface area contributed by atoms with E-state index in [9.17, 15) is 0 Å². The van der Waals surface area contributed by atoms with Gasteiger partial charge in [-0.25, -0.2) is 0 Å². The zero-order chi connectivity index (χ0) is 7.90. The van der Waals surface area contributed by atoms with Gasteiger partial charge in [0, 0.05) is 12.2 Å². The lowest BCUT2D eigenvalue weighted by molar-refractivity contribution is -0.0266.